The molecule has 34 heavy (non-hydrogen) atoms. The van der Waals surface area contributed by atoms with Crippen LogP contribution >= 0.6 is 11.6 Å². The van der Waals surface area contributed by atoms with Gasteiger partial charge < -0.3 is 15.0 Å². The molecule has 3 aromatic carbocycles. The summed E-state index contributed by atoms with van der Waals surface area (Å²) in [6.07, 6.45) is 0.954. The van der Waals surface area contributed by atoms with Gasteiger partial charge >= 0.3 is 0 Å². The van der Waals surface area contributed by atoms with E-state index in [-0.39, 0.29) is 6.10 Å². The number of halogens is 1. The lowest BCUT2D eigenvalue weighted by Gasteiger charge is -2.23. The fourth-order valence-corrected chi connectivity index (χ4v) is 4.51. The van der Waals surface area contributed by atoms with Gasteiger partial charge in [0.15, 0.2) is 0 Å². The van der Waals surface area contributed by atoms with Crippen LogP contribution in [0.2, 0.25) is 5.02 Å². The number of pyridine rings is 1. The molecule has 0 spiro atoms. The molecule has 0 saturated carbocycles. The van der Waals surface area contributed by atoms with Gasteiger partial charge in [0.1, 0.15) is 29.3 Å². The van der Waals surface area contributed by atoms with Crippen molar-refractivity contribution in [2.75, 3.05) is 23.3 Å². The average Bonchev–Trinajstić information content (AvgIpc) is 3.32. The van der Waals surface area contributed by atoms with Gasteiger partial charge in [-0.3, -0.25) is 0 Å². The Hall–Kier alpha value is -3.75. The molecule has 0 amide bonds. The number of nitriles is 1. The van der Waals surface area contributed by atoms with E-state index in [9.17, 15) is 5.26 Å². The molecule has 6 heteroatoms. The molecule has 0 bridgehead atoms. The number of benzene rings is 3. The molecular weight excluding hydrogens is 444 g/mol. The molecule has 1 aliphatic rings. The summed E-state index contributed by atoms with van der Waals surface area (Å²) in [5, 5.41) is 15.2. The van der Waals surface area contributed by atoms with Crippen molar-refractivity contribution >= 4 is 34.0 Å². The molecule has 0 radical (unpaired) electrons. The molecule has 5 nitrogen and oxygen atoms in total. The number of nitrogens with zero attached hydrogens (tertiary/aromatic N) is 3. The second kappa shape index (κ2) is 9.62. The number of rotatable bonds is 6. The van der Waals surface area contributed by atoms with Gasteiger partial charge in [-0.15, -0.1) is 0 Å². The molecule has 5 rings (SSSR count). The molecule has 1 unspecified atom stereocenters. The second-order valence-electron chi connectivity index (χ2n) is 8.58. The lowest BCUT2D eigenvalue weighted by molar-refractivity contribution is 0.225. The monoisotopic (exact) mass is 468 g/mol. The summed E-state index contributed by atoms with van der Waals surface area (Å²) in [5.74, 6) is 1.47. The minimum atomic E-state index is 0.0617. The Bertz CT molecular complexity index is 1350. The lowest BCUT2D eigenvalue weighted by Crippen LogP contribution is -2.26. The van der Waals surface area contributed by atoms with E-state index in [1.165, 1.54) is 5.56 Å². The predicted octanol–water partition coefficient (Wildman–Crippen LogP) is 6.34. The fourth-order valence-electron chi connectivity index (χ4n) is 4.38. The Kier molecular flexibility index (Phi) is 6.24. The normalized spacial score (nSPS) is 15.3. The lowest BCUT2D eigenvalue weighted by atomic mass is 10.1. The number of aryl methyl sites for hydroxylation is 1. The van der Waals surface area contributed by atoms with Crippen LogP contribution in [-0.2, 0) is 6.54 Å². The van der Waals surface area contributed by atoms with E-state index in [2.05, 4.69) is 35.3 Å². The van der Waals surface area contributed by atoms with E-state index in [1.54, 1.807) is 0 Å². The molecule has 1 fully saturated rings. The van der Waals surface area contributed by atoms with E-state index in [1.807, 2.05) is 60.7 Å². The Labute approximate surface area is 204 Å². The number of anilines is 2. The van der Waals surface area contributed by atoms with Crippen molar-refractivity contribution in [1.82, 2.24) is 4.98 Å². The molecule has 0 aliphatic carbocycles. The van der Waals surface area contributed by atoms with Crippen LogP contribution in [-0.4, -0.2) is 24.2 Å². The first-order valence-corrected chi connectivity index (χ1v) is 11.8. The summed E-state index contributed by atoms with van der Waals surface area (Å²) < 4.78 is 6.25. The van der Waals surface area contributed by atoms with Crippen molar-refractivity contribution in [3.8, 4) is 11.8 Å². The highest BCUT2D eigenvalue weighted by Crippen LogP contribution is 2.36. The largest absolute Gasteiger partial charge is 0.489 e. The van der Waals surface area contributed by atoms with Crippen LogP contribution in [0.15, 0.2) is 72.8 Å². The molecule has 1 aromatic heterocycles. The van der Waals surface area contributed by atoms with Gasteiger partial charge in [0, 0.05) is 29.9 Å². The van der Waals surface area contributed by atoms with Gasteiger partial charge in [0.25, 0.3) is 0 Å². The quantitative estimate of drug-likeness (QED) is 0.358. The van der Waals surface area contributed by atoms with E-state index < -0.39 is 0 Å². The molecule has 1 N–H and O–H groups in total. The minimum Gasteiger partial charge on any atom is -0.489 e. The summed E-state index contributed by atoms with van der Waals surface area (Å²) in [4.78, 5) is 7.05. The Balaban J connectivity index is 1.44. The Morgan fingerprint density at radius 2 is 1.85 bits per heavy atom. The number of nitrogens with one attached hydrogen (secondary N) is 1. The highest BCUT2D eigenvalue weighted by atomic mass is 35.5. The van der Waals surface area contributed by atoms with Crippen molar-refractivity contribution < 1.29 is 4.74 Å². The minimum absolute atomic E-state index is 0.0617. The van der Waals surface area contributed by atoms with Crippen molar-refractivity contribution in [2.24, 2.45) is 0 Å². The second-order valence-corrected chi connectivity index (χ2v) is 9.02. The third-order valence-electron chi connectivity index (χ3n) is 6.14. The zero-order valence-electron chi connectivity index (χ0n) is 19.0. The number of para-hydroxylation sites is 1. The number of hydrogen-bond acceptors (Lipinski definition) is 5. The zero-order valence-corrected chi connectivity index (χ0v) is 19.7. The van der Waals surface area contributed by atoms with Gasteiger partial charge in [-0.25, -0.2) is 4.98 Å². The summed E-state index contributed by atoms with van der Waals surface area (Å²) in [5.41, 5.74) is 4.61. The third kappa shape index (κ3) is 4.64. The number of fused-ring (bicyclic) bond motifs is 1. The average molecular weight is 469 g/mol. The molecular formula is C28H25ClN4O. The molecule has 170 valence electrons. The molecule has 2 heterocycles. The van der Waals surface area contributed by atoms with Crippen LogP contribution in [0.25, 0.3) is 10.9 Å². The maximum Gasteiger partial charge on any atom is 0.147 e. The van der Waals surface area contributed by atoms with E-state index >= 15 is 0 Å². The summed E-state index contributed by atoms with van der Waals surface area (Å²) in [7, 11) is 0. The molecule has 4 aromatic rings. The predicted molar refractivity (Wildman–Crippen MR) is 138 cm³/mol. The van der Waals surface area contributed by atoms with Gasteiger partial charge in [-0.1, -0.05) is 59.6 Å². The maximum absolute atomic E-state index is 10.2. The van der Waals surface area contributed by atoms with Crippen LogP contribution < -0.4 is 15.0 Å². The van der Waals surface area contributed by atoms with Crippen LogP contribution in [0.5, 0.6) is 5.75 Å². The van der Waals surface area contributed by atoms with Crippen LogP contribution in [0.1, 0.15) is 23.1 Å². The first-order valence-electron chi connectivity index (χ1n) is 11.4. The van der Waals surface area contributed by atoms with E-state index in [0.717, 1.165) is 40.9 Å². The SMILES string of the molecule is Cc1ccc(OC2CCN(c3c(C#N)c(NCc4ccc(Cl)cc4)nc4ccccc34)C2)cc1. The molecule has 1 atom stereocenters. The number of ether oxygens (including phenoxy) is 1. The van der Waals surface area contributed by atoms with Gasteiger partial charge in [0.05, 0.1) is 17.7 Å². The van der Waals surface area contributed by atoms with Crippen molar-refractivity contribution in [1.29, 1.82) is 5.26 Å². The van der Waals surface area contributed by atoms with Crippen molar-refractivity contribution in [3.05, 3.63) is 94.5 Å². The van der Waals surface area contributed by atoms with Gasteiger partial charge in [0.2, 0.25) is 0 Å². The van der Waals surface area contributed by atoms with Gasteiger partial charge in [-0.05, 0) is 42.8 Å². The summed E-state index contributed by atoms with van der Waals surface area (Å²) in [6.45, 7) is 4.15. The van der Waals surface area contributed by atoms with Crippen LogP contribution in [0.4, 0.5) is 11.5 Å². The van der Waals surface area contributed by atoms with E-state index in [0.29, 0.717) is 29.5 Å². The first kappa shape index (κ1) is 22.1. The maximum atomic E-state index is 10.2. The standard InChI is InChI=1S/C28H25ClN4O/c1-19-6-12-22(13-7-19)34-23-14-15-33(18-23)27-24-4-2-3-5-26(24)32-28(25(27)16-30)31-17-20-8-10-21(29)11-9-20/h2-13,23H,14-15,17-18H2,1H3,(H,31,32). The highest BCUT2D eigenvalue weighted by Gasteiger charge is 2.29. The molecule has 1 aliphatic heterocycles. The van der Waals surface area contributed by atoms with Gasteiger partial charge in [-0.2, -0.15) is 5.26 Å². The highest BCUT2D eigenvalue weighted by molar-refractivity contribution is 6.30. The number of hydrogen-bond donors (Lipinski definition) is 1. The topological polar surface area (TPSA) is 61.2 Å². The van der Waals surface area contributed by atoms with Crippen molar-refractivity contribution in [2.45, 2.75) is 26.0 Å². The van der Waals surface area contributed by atoms with Crippen molar-refractivity contribution in [3.63, 3.8) is 0 Å². The smallest absolute Gasteiger partial charge is 0.147 e. The Morgan fingerprint density at radius 1 is 1.09 bits per heavy atom. The van der Waals surface area contributed by atoms with Crippen LogP contribution in [0, 0.1) is 18.3 Å². The fraction of sp³-hybridized carbons (Fsp3) is 0.214. The van der Waals surface area contributed by atoms with E-state index in [4.69, 9.17) is 21.3 Å². The first-order chi connectivity index (χ1) is 16.6. The zero-order chi connectivity index (χ0) is 23.5. The summed E-state index contributed by atoms with van der Waals surface area (Å²) in [6, 6.07) is 26.2. The summed E-state index contributed by atoms with van der Waals surface area (Å²) >= 11 is 6.01. The third-order valence-corrected chi connectivity index (χ3v) is 6.39. The molecule has 1 saturated heterocycles. The number of aromatic nitrogens is 1. The Morgan fingerprint density at radius 3 is 2.62 bits per heavy atom. The van der Waals surface area contributed by atoms with Crippen LogP contribution in [0.3, 0.4) is 0 Å².